The summed E-state index contributed by atoms with van der Waals surface area (Å²) < 4.78 is 0. The van der Waals surface area contributed by atoms with E-state index in [1.165, 1.54) is 0 Å². The Morgan fingerprint density at radius 1 is 1.50 bits per heavy atom. The van der Waals surface area contributed by atoms with Gasteiger partial charge in [0.1, 0.15) is 5.82 Å². The number of hydrogen-bond acceptors (Lipinski definition) is 4. The normalized spacial score (nSPS) is 9.70. The van der Waals surface area contributed by atoms with E-state index in [0.717, 1.165) is 5.69 Å². The van der Waals surface area contributed by atoms with Crippen LogP contribution >= 0.6 is 0 Å². The van der Waals surface area contributed by atoms with Crippen molar-refractivity contribution < 1.29 is 0 Å². The maximum atomic E-state index is 5.49. The van der Waals surface area contributed by atoms with Crippen LogP contribution in [0.2, 0.25) is 0 Å². The molecule has 0 aliphatic rings. The second-order valence-electron chi connectivity index (χ2n) is 1.92. The largest absolute Gasteiger partial charge is 0.382 e. The van der Waals surface area contributed by atoms with Crippen molar-refractivity contribution in [1.82, 2.24) is 15.3 Å². The fourth-order valence-corrected chi connectivity index (χ4v) is 0.681. The smallest absolute Gasteiger partial charge is 0.146 e. The Bertz CT molecular complexity index is 211. The zero-order valence-electron chi connectivity index (χ0n) is 5.83. The van der Waals surface area contributed by atoms with Crippen molar-refractivity contribution in [2.45, 2.75) is 6.54 Å². The quantitative estimate of drug-likeness (QED) is 0.593. The van der Waals surface area contributed by atoms with Crippen LogP contribution in [0.25, 0.3) is 0 Å². The van der Waals surface area contributed by atoms with Crippen molar-refractivity contribution in [2.24, 2.45) is 0 Å². The van der Waals surface area contributed by atoms with Gasteiger partial charge in [0.2, 0.25) is 0 Å². The lowest BCUT2D eigenvalue weighted by molar-refractivity contribution is 0.788. The monoisotopic (exact) mass is 138 g/mol. The lowest BCUT2D eigenvalue weighted by Gasteiger charge is -1.99. The predicted octanol–water partition coefficient (Wildman–Crippen LogP) is -0.222. The van der Waals surface area contributed by atoms with Crippen molar-refractivity contribution in [3.05, 3.63) is 18.1 Å². The molecule has 3 N–H and O–H groups in total. The number of nitrogen functional groups attached to an aromatic ring is 1. The zero-order valence-corrected chi connectivity index (χ0v) is 5.83. The van der Waals surface area contributed by atoms with Gasteiger partial charge < -0.3 is 11.1 Å². The Kier molecular flexibility index (Phi) is 2.17. The van der Waals surface area contributed by atoms with Gasteiger partial charge in [-0.1, -0.05) is 0 Å². The molecule has 1 aromatic rings. The molecule has 54 valence electrons. The molecule has 1 heterocycles. The van der Waals surface area contributed by atoms with Crippen LogP contribution in [0.1, 0.15) is 5.69 Å². The van der Waals surface area contributed by atoms with Crippen LogP contribution in [-0.4, -0.2) is 17.0 Å². The lowest BCUT2D eigenvalue weighted by atomic mass is 10.4. The minimum absolute atomic E-state index is 0.497. The molecule has 0 aromatic carbocycles. The molecular weight excluding hydrogens is 128 g/mol. The number of nitrogens with two attached hydrogens (primary N) is 1. The molecule has 0 saturated heterocycles. The highest BCUT2D eigenvalue weighted by molar-refractivity contribution is 5.32. The molecule has 0 atom stereocenters. The molecule has 1 rings (SSSR count). The van der Waals surface area contributed by atoms with E-state index >= 15 is 0 Å². The fraction of sp³-hybridized carbons (Fsp3) is 0.333. The molecule has 0 saturated carbocycles. The van der Waals surface area contributed by atoms with Crippen molar-refractivity contribution in [3.8, 4) is 0 Å². The van der Waals surface area contributed by atoms with Gasteiger partial charge in [0.25, 0.3) is 0 Å². The molecule has 4 heteroatoms. The molecule has 0 amide bonds. The topological polar surface area (TPSA) is 63.8 Å². The third kappa shape index (κ3) is 1.41. The number of anilines is 1. The van der Waals surface area contributed by atoms with E-state index in [9.17, 15) is 0 Å². The molecule has 0 aliphatic heterocycles. The van der Waals surface area contributed by atoms with Gasteiger partial charge in [-0.15, -0.1) is 0 Å². The molecule has 0 radical (unpaired) electrons. The molecule has 1 aromatic heterocycles. The van der Waals surface area contributed by atoms with Crippen LogP contribution in [0.4, 0.5) is 5.82 Å². The summed E-state index contributed by atoms with van der Waals surface area (Å²) in [5.41, 5.74) is 6.29. The van der Waals surface area contributed by atoms with Gasteiger partial charge in [0.05, 0.1) is 5.69 Å². The second kappa shape index (κ2) is 3.12. The highest BCUT2D eigenvalue weighted by Crippen LogP contribution is 2.00. The number of hydrogen-bond donors (Lipinski definition) is 2. The molecule has 0 bridgehead atoms. The lowest BCUT2D eigenvalue weighted by Crippen LogP contribution is -2.10. The van der Waals surface area contributed by atoms with Crippen molar-refractivity contribution in [1.29, 1.82) is 0 Å². The van der Waals surface area contributed by atoms with Crippen LogP contribution in [-0.2, 0) is 6.54 Å². The highest BCUT2D eigenvalue weighted by Gasteiger charge is 1.96. The minimum atomic E-state index is 0.497. The molecule has 10 heavy (non-hydrogen) atoms. The summed E-state index contributed by atoms with van der Waals surface area (Å²) in [5.74, 6) is 0.497. The van der Waals surface area contributed by atoms with Gasteiger partial charge in [-0.2, -0.15) is 0 Å². The number of nitrogens with zero attached hydrogens (tertiary/aromatic N) is 2. The molecule has 0 spiro atoms. The summed E-state index contributed by atoms with van der Waals surface area (Å²) in [6.07, 6.45) is 3.21. The third-order valence-corrected chi connectivity index (χ3v) is 1.15. The van der Waals surface area contributed by atoms with Gasteiger partial charge in [-0.05, 0) is 7.05 Å². The first kappa shape index (κ1) is 6.95. The maximum Gasteiger partial charge on any atom is 0.146 e. The SMILES string of the molecule is CNCc1nccnc1N. The second-order valence-corrected chi connectivity index (χ2v) is 1.92. The molecule has 0 fully saturated rings. The van der Waals surface area contributed by atoms with Crippen LogP contribution in [0.15, 0.2) is 12.4 Å². The Morgan fingerprint density at radius 2 is 2.20 bits per heavy atom. The van der Waals surface area contributed by atoms with Crippen molar-refractivity contribution >= 4 is 5.82 Å². The van der Waals surface area contributed by atoms with Crippen molar-refractivity contribution in [3.63, 3.8) is 0 Å². The average molecular weight is 138 g/mol. The Balaban J connectivity index is 2.81. The Labute approximate surface area is 59.5 Å². The number of rotatable bonds is 2. The summed E-state index contributed by atoms with van der Waals surface area (Å²) in [6.45, 7) is 0.666. The van der Waals surface area contributed by atoms with E-state index in [1.54, 1.807) is 12.4 Å². The molecular formula is C6H10N4. The summed E-state index contributed by atoms with van der Waals surface area (Å²) in [4.78, 5) is 7.89. The van der Waals surface area contributed by atoms with Crippen LogP contribution in [0.5, 0.6) is 0 Å². The predicted molar refractivity (Wildman–Crippen MR) is 39.2 cm³/mol. The Hall–Kier alpha value is -1.16. The summed E-state index contributed by atoms with van der Waals surface area (Å²) in [5, 5.41) is 2.94. The molecule has 0 aliphatic carbocycles. The van der Waals surface area contributed by atoms with E-state index in [0.29, 0.717) is 12.4 Å². The summed E-state index contributed by atoms with van der Waals surface area (Å²) in [7, 11) is 1.84. The van der Waals surface area contributed by atoms with Gasteiger partial charge in [0, 0.05) is 18.9 Å². The van der Waals surface area contributed by atoms with Crippen molar-refractivity contribution in [2.75, 3.05) is 12.8 Å². The van der Waals surface area contributed by atoms with Crippen LogP contribution in [0.3, 0.4) is 0 Å². The van der Waals surface area contributed by atoms with Gasteiger partial charge in [-0.3, -0.25) is 4.98 Å². The number of aromatic nitrogens is 2. The first-order valence-corrected chi connectivity index (χ1v) is 3.04. The van der Waals surface area contributed by atoms with E-state index in [2.05, 4.69) is 15.3 Å². The highest BCUT2D eigenvalue weighted by atomic mass is 14.9. The minimum Gasteiger partial charge on any atom is -0.382 e. The number of nitrogens with one attached hydrogen (secondary N) is 1. The third-order valence-electron chi connectivity index (χ3n) is 1.15. The standard InChI is InChI=1S/C6H10N4/c1-8-4-5-6(7)10-3-2-9-5/h2-3,8H,4H2,1H3,(H2,7,10). The molecule has 4 nitrogen and oxygen atoms in total. The zero-order chi connectivity index (χ0) is 7.40. The summed E-state index contributed by atoms with van der Waals surface area (Å²) >= 11 is 0. The van der Waals surface area contributed by atoms with Gasteiger partial charge in [0.15, 0.2) is 0 Å². The Morgan fingerprint density at radius 3 is 2.80 bits per heavy atom. The van der Waals surface area contributed by atoms with E-state index in [-0.39, 0.29) is 0 Å². The van der Waals surface area contributed by atoms with Gasteiger partial charge in [-0.25, -0.2) is 4.98 Å². The van der Waals surface area contributed by atoms with Gasteiger partial charge >= 0.3 is 0 Å². The fourth-order valence-electron chi connectivity index (χ4n) is 0.681. The van der Waals surface area contributed by atoms with Crippen LogP contribution < -0.4 is 11.1 Å². The van der Waals surface area contributed by atoms with E-state index < -0.39 is 0 Å². The van der Waals surface area contributed by atoms with Crippen LogP contribution in [0, 0.1) is 0 Å². The first-order chi connectivity index (χ1) is 4.84. The molecule has 0 unspecified atom stereocenters. The first-order valence-electron chi connectivity index (χ1n) is 3.04. The average Bonchev–Trinajstić information content (AvgIpc) is 1.94. The maximum absolute atomic E-state index is 5.49. The van der Waals surface area contributed by atoms with E-state index in [4.69, 9.17) is 5.73 Å². The van der Waals surface area contributed by atoms with E-state index in [1.807, 2.05) is 7.05 Å². The summed E-state index contributed by atoms with van der Waals surface area (Å²) in [6, 6.07) is 0.